The molecule has 11 nitrogen and oxygen atoms in total. The van der Waals surface area contributed by atoms with E-state index in [1.54, 1.807) is 0 Å². The third-order valence-corrected chi connectivity index (χ3v) is 8.40. The molecule has 1 aromatic heterocycles. The topological polar surface area (TPSA) is 116 Å². The molecule has 0 aliphatic rings. The molecule has 0 radical (unpaired) electrons. The van der Waals surface area contributed by atoms with Crippen LogP contribution in [0.15, 0.2) is 66.9 Å². The highest BCUT2D eigenvalue weighted by atomic mass is 35.5. The lowest BCUT2D eigenvalue weighted by Gasteiger charge is -2.31. The van der Waals surface area contributed by atoms with Gasteiger partial charge in [0, 0.05) is 35.9 Å². The highest BCUT2D eigenvalue weighted by Gasteiger charge is 2.35. The number of halogens is 4. The number of ether oxygens (including phenoxy) is 8. The van der Waals surface area contributed by atoms with E-state index in [1.807, 2.05) is 62.4 Å². The SMILES string of the molecule is CCOCCOCCOCCOCCOCCOCCOc1cccc(C(Cc2ccc(Cl)cc2)C(C)NC(=O)C(C)(C)Oc2ccc(C(F)(F)F)cn2)c1. The van der Waals surface area contributed by atoms with Crippen LogP contribution in [0.25, 0.3) is 0 Å². The maximum Gasteiger partial charge on any atom is 0.417 e. The first-order valence-corrected chi connectivity index (χ1v) is 18.7. The zero-order chi connectivity index (χ0) is 39.9. The Kier molecular flexibility index (Phi) is 20.8. The molecule has 3 rings (SSSR count). The second kappa shape index (κ2) is 24.9. The van der Waals surface area contributed by atoms with Gasteiger partial charge in [0.2, 0.25) is 5.88 Å². The quantitative estimate of drug-likeness (QED) is 0.0775. The van der Waals surface area contributed by atoms with Gasteiger partial charge in [-0.3, -0.25) is 4.79 Å². The lowest BCUT2D eigenvalue weighted by molar-refractivity contribution is -0.138. The second-order valence-electron chi connectivity index (χ2n) is 12.9. The normalized spacial score (nSPS) is 13.0. The van der Waals surface area contributed by atoms with Gasteiger partial charge in [-0.1, -0.05) is 35.9 Å². The number of aromatic nitrogens is 1. The molecule has 0 spiro atoms. The van der Waals surface area contributed by atoms with Gasteiger partial charge < -0.3 is 43.2 Å². The Balaban J connectivity index is 1.42. The van der Waals surface area contributed by atoms with Crippen LogP contribution < -0.4 is 14.8 Å². The molecule has 0 fully saturated rings. The van der Waals surface area contributed by atoms with Gasteiger partial charge in [-0.2, -0.15) is 13.2 Å². The van der Waals surface area contributed by atoms with Crippen LogP contribution in [0.3, 0.4) is 0 Å². The molecule has 0 aliphatic heterocycles. The van der Waals surface area contributed by atoms with Gasteiger partial charge >= 0.3 is 6.18 Å². The van der Waals surface area contributed by atoms with E-state index in [2.05, 4.69) is 10.3 Å². The summed E-state index contributed by atoms with van der Waals surface area (Å²) >= 11 is 6.13. The lowest BCUT2D eigenvalue weighted by Crippen LogP contribution is -2.51. The summed E-state index contributed by atoms with van der Waals surface area (Å²) in [5.41, 5.74) is -0.416. The summed E-state index contributed by atoms with van der Waals surface area (Å²) < 4.78 is 83.4. The van der Waals surface area contributed by atoms with Crippen LogP contribution in [0.5, 0.6) is 11.6 Å². The molecule has 2 aromatic carbocycles. The summed E-state index contributed by atoms with van der Waals surface area (Å²) in [4.78, 5) is 17.2. The molecule has 1 heterocycles. The van der Waals surface area contributed by atoms with Crippen molar-refractivity contribution in [3.63, 3.8) is 0 Å². The van der Waals surface area contributed by atoms with Gasteiger partial charge in [0.15, 0.2) is 5.60 Å². The molecular weight excluding hydrogens is 745 g/mol. The number of rotatable bonds is 28. The van der Waals surface area contributed by atoms with E-state index in [0.29, 0.717) is 109 Å². The molecule has 0 saturated heterocycles. The van der Waals surface area contributed by atoms with Crippen molar-refractivity contribution in [2.75, 3.05) is 85.9 Å². The van der Waals surface area contributed by atoms with Crippen LogP contribution in [0.1, 0.15) is 50.3 Å². The number of carbonyl (C=O) groups excluding carboxylic acids is 1. The highest BCUT2D eigenvalue weighted by molar-refractivity contribution is 6.30. The van der Waals surface area contributed by atoms with Gasteiger partial charge in [-0.05, 0) is 75.6 Å². The third kappa shape index (κ3) is 18.3. The Morgan fingerprint density at radius 2 is 1.31 bits per heavy atom. The average Bonchev–Trinajstić information content (AvgIpc) is 3.15. The van der Waals surface area contributed by atoms with Crippen LogP contribution in [-0.2, 0) is 45.8 Å². The zero-order valence-electron chi connectivity index (χ0n) is 32.0. The molecule has 2 unspecified atom stereocenters. The Labute approximate surface area is 327 Å². The minimum atomic E-state index is -4.53. The van der Waals surface area contributed by atoms with Crippen molar-refractivity contribution in [3.8, 4) is 11.6 Å². The summed E-state index contributed by atoms with van der Waals surface area (Å²) in [7, 11) is 0. The van der Waals surface area contributed by atoms with Crippen LogP contribution in [-0.4, -0.2) is 108 Å². The summed E-state index contributed by atoms with van der Waals surface area (Å²) in [5, 5.41) is 3.65. The smallest absolute Gasteiger partial charge is 0.417 e. The Morgan fingerprint density at radius 3 is 1.82 bits per heavy atom. The van der Waals surface area contributed by atoms with Crippen LogP contribution in [0.2, 0.25) is 5.02 Å². The Hall–Kier alpha value is -3.50. The summed E-state index contributed by atoms with van der Waals surface area (Å²) in [6, 6.07) is 16.7. The molecule has 0 bridgehead atoms. The monoisotopic (exact) mass is 798 g/mol. The molecule has 2 atom stereocenters. The number of benzene rings is 2. The number of alkyl halides is 3. The molecule has 1 N–H and O–H groups in total. The van der Waals surface area contributed by atoms with Crippen LogP contribution in [0, 0.1) is 0 Å². The Morgan fingerprint density at radius 1 is 0.764 bits per heavy atom. The third-order valence-electron chi connectivity index (χ3n) is 8.15. The predicted molar refractivity (Wildman–Crippen MR) is 202 cm³/mol. The van der Waals surface area contributed by atoms with Crippen molar-refractivity contribution in [3.05, 3.63) is 88.6 Å². The molecule has 0 aliphatic carbocycles. The molecular formula is C40H54ClF3N2O9. The van der Waals surface area contributed by atoms with Crippen molar-refractivity contribution >= 4 is 17.5 Å². The number of hydrogen-bond donors (Lipinski definition) is 1. The van der Waals surface area contributed by atoms with Gasteiger partial charge in [0.05, 0.1) is 78.2 Å². The minimum Gasteiger partial charge on any atom is -0.491 e. The second-order valence-corrected chi connectivity index (χ2v) is 13.3. The predicted octanol–water partition coefficient (Wildman–Crippen LogP) is 6.94. The molecule has 0 saturated carbocycles. The largest absolute Gasteiger partial charge is 0.491 e. The van der Waals surface area contributed by atoms with Crippen LogP contribution >= 0.6 is 11.6 Å². The van der Waals surface area contributed by atoms with E-state index in [0.717, 1.165) is 23.3 Å². The summed E-state index contributed by atoms with van der Waals surface area (Å²) in [5.74, 6) is -0.117. The van der Waals surface area contributed by atoms with Gasteiger partial charge in [0.1, 0.15) is 12.4 Å². The maximum atomic E-state index is 13.5. The van der Waals surface area contributed by atoms with E-state index in [4.69, 9.17) is 49.5 Å². The fraction of sp³-hybridized carbons (Fsp3) is 0.550. The number of amides is 1. The van der Waals surface area contributed by atoms with Crippen LogP contribution in [0.4, 0.5) is 13.2 Å². The van der Waals surface area contributed by atoms with Crippen molar-refractivity contribution in [2.24, 2.45) is 0 Å². The van der Waals surface area contributed by atoms with E-state index >= 15 is 0 Å². The number of nitrogens with one attached hydrogen (secondary N) is 1. The van der Waals surface area contributed by atoms with E-state index < -0.39 is 29.3 Å². The molecule has 1 amide bonds. The van der Waals surface area contributed by atoms with E-state index in [-0.39, 0.29) is 11.8 Å². The Bertz CT molecular complexity index is 1500. The number of pyridine rings is 1. The van der Waals surface area contributed by atoms with Gasteiger partial charge in [-0.25, -0.2) is 4.98 Å². The fourth-order valence-electron chi connectivity index (χ4n) is 5.15. The van der Waals surface area contributed by atoms with Crippen molar-refractivity contribution in [2.45, 2.75) is 57.9 Å². The summed E-state index contributed by atoms with van der Waals surface area (Å²) in [6.07, 6.45) is -3.29. The van der Waals surface area contributed by atoms with Crippen molar-refractivity contribution in [1.29, 1.82) is 0 Å². The fourth-order valence-corrected chi connectivity index (χ4v) is 5.28. The minimum absolute atomic E-state index is 0.102. The number of hydrogen-bond acceptors (Lipinski definition) is 10. The van der Waals surface area contributed by atoms with Crippen molar-refractivity contribution < 1.29 is 55.9 Å². The molecule has 15 heteroatoms. The summed E-state index contributed by atoms with van der Waals surface area (Å²) in [6.45, 7) is 13.2. The van der Waals surface area contributed by atoms with Gasteiger partial charge in [-0.15, -0.1) is 0 Å². The lowest BCUT2D eigenvalue weighted by atomic mass is 9.86. The van der Waals surface area contributed by atoms with Gasteiger partial charge in [0.25, 0.3) is 5.91 Å². The highest BCUT2D eigenvalue weighted by Crippen LogP contribution is 2.31. The zero-order valence-corrected chi connectivity index (χ0v) is 32.8. The number of nitrogens with zero attached hydrogens (tertiary/aromatic N) is 1. The maximum absolute atomic E-state index is 13.5. The molecule has 55 heavy (non-hydrogen) atoms. The average molecular weight is 799 g/mol. The number of carbonyl (C=O) groups is 1. The molecule has 3 aromatic rings. The first kappa shape index (κ1) is 45.9. The standard InChI is InChI=1S/C40H54ClF3N2O9/c1-5-48-15-16-49-17-18-50-19-20-51-21-22-52-23-24-53-25-26-54-35-8-6-7-32(28-35)36(27-31-9-12-34(41)13-10-31)30(2)46-38(47)39(3,4)55-37-14-11-33(29-45-37)40(42,43)44/h6-14,28-30,36H,5,15-27H2,1-4H3,(H,46,47). The van der Waals surface area contributed by atoms with Crippen molar-refractivity contribution in [1.82, 2.24) is 10.3 Å². The first-order valence-electron chi connectivity index (χ1n) is 18.4. The van der Waals surface area contributed by atoms with E-state index in [1.165, 1.54) is 13.8 Å². The molecule has 306 valence electrons. The van der Waals surface area contributed by atoms with E-state index in [9.17, 15) is 18.0 Å². The first-order chi connectivity index (χ1) is 26.4.